The zero-order chi connectivity index (χ0) is 37.0. The monoisotopic (exact) mass is 705 g/mol. The molecule has 12 atom stereocenters. The minimum Gasteiger partial charge on any atom is -0.497 e. The maximum atomic E-state index is 14.1. The minimum absolute atomic E-state index is 0.0111. The third-order valence-electron chi connectivity index (χ3n) is 11.2. The van der Waals surface area contributed by atoms with Gasteiger partial charge in [-0.05, 0) is 68.6 Å². The molecule has 280 valence electrons. The van der Waals surface area contributed by atoms with E-state index in [1.165, 1.54) is 4.90 Å². The SMILES string of the molecule is C=CC[C@H](C)[C@@H]1OC(c2ccc(OC)cc2)OC([C@H](C)C[C@H](C)[C@@H]2OC(C)(C)O[C@H]([C@@H](C)C(=O)N3C(=O)OC[C@H]3Cc3ccccc3)[C@@H]2C)[C@@H]1C. The summed E-state index contributed by atoms with van der Waals surface area (Å²) < 4.78 is 37.4. The number of carbonyl (C=O) groups excluding carboxylic acids is 2. The van der Waals surface area contributed by atoms with E-state index in [9.17, 15) is 9.59 Å². The fourth-order valence-electron chi connectivity index (χ4n) is 8.63. The Morgan fingerprint density at radius 3 is 2.12 bits per heavy atom. The summed E-state index contributed by atoms with van der Waals surface area (Å²) in [7, 11) is 1.66. The summed E-state index contributed by atoms with van der Waals surface area (Å²) in [6, 6.07) is 17.4. The van der Waals surface area contributed by atoms with Gasteiger partial charge in [0, 0.05) is 17.4 Å². The van der Waals surface area contributed by atoms with E-state index >= 15 is 0 Å². The summed E-state index contributed by atoms with van der Waals surface area (Å²) in [6.07, 6.45) is 2.38. The lowest BCUT2D eigenvalue weighted by molar-refractivity contribution is -0.334. The minimum atomic E-state index is -0.921. The van der Waals surface area contributed by atoms with E-state index in [0.29, 0.717) is 6.42 Å². The number of hydrogen-bond donors (Lipinski definition) is 0. The lowest BCUT2D eigenvalue weighted by Gasteiger charge is -2.50. The molecule has 3 aliphatic heterocycles. The maximum absolute atomic E-state index is 14.1. The number of amides is 2. The van der Waals surface area contributed by atoms with Crippen LogP contribution in [0.4, 0.5) is 4.79 Å². The number of hydrogen-bond acceptors (Lipinski definition) is 8. The molecule has 3 saturated heterocycles. The number of nitrogens with zero attached hydrogens (tertiary/aromatic N) is 1. The second kappa shape index (κ2) is 16.6. The zero-order valence-corrected chi connectivity index (χ0v) is 32.0. The average molecular weight is 706 g/mol. The molecule has 0 bridgehead atoms. The lowest BCUT2D eigenvalue weighted by atomic mass is 9.75. The Kier molecular flexibility index (Phi) is 12.7. The molecule has 0 saturated carbocycles. The van der Waals surface area contributed by atoms with Crippen molar-refractivity contribution in [2.45, 2.75) is 117 Å². The predicted molar refractivity (Wildman–Crippen MR) is 196 cm³/mol. The van der Waals surface area contributed by atoms with Crippen LogP contribution < -0.4 is 4.74 Å². The highest BCUT2D eigenvalue weighted by Gasteiger charge is 2.50. The van der Waals surface area contributed by atoms with Crippen LogP contribution in [0, 0.1) is 35.5 Å². The van der Waals surface area contributed by atoms with Crippen LogP contribution >= 0.6 is 0 Å². The van der Waals surface area contributed by atoms with Crippen LogP contribution in [-0.4, -0.2) is 66.9 Å². The summed E-state index contributed by atoms with van der Waals surface area (Å²) >= 11 is 0. The molecular formula is C42H59NO8. The van der Waals surface area contributed by atoms with Crippen molar-refractivity contribution in [3.8, 4) is 5.75 Å². The molecule has 0 radical (unpaired) electrons. The Morgan fingerprint density at radius 2 is 1.49 bits per heavy atom. The van der Waals surface area contributed by atoms with E-state index in [-0.39, 0.29) is 66.5 Å². The first-order valence-corrected chi connectivity index (χ1v) is 18.7. The quantitative estimate of drug-likeness (QED) is 0.192. The van der Waals surface area contributed by atoms with Crippen molar-refractivity contribution in [3.05, 3.63) is 78.4 Å². The molecule has 9 nitrogen and oxygen atoms in total. The van der Waals surface area contributed by atoms with Gasteiger partial charge in [-0.15, -0.1) is 6.58 Å². The molecule has 3 fully saturated rings. The second-order valence-electron chi connectivity index (χ2n) is 15.7. The van der Waals surface area contributed by atoms with Gasteiger partial charge in [0.15, 0.2) is 12.1 Å². The van der Waals surface area contributed by atoms with Crippen LogP contribution in [0.2, 0.25) is 0 Å². The Bertz CT molecular complexity index is 1460. The molecule has 3 heterocycles. The summed E-state index contributed by atoms with van der Waals surface area (Å²) in [4.78, 5) is 28.3. The molecule has 2 unspecified atom stereocenters. The van der Waals surface area contributed by atoms with Crippen LogP contribution in [0.1, 0.15) is 85.6 Å². The van der Waals surface area contributed by atoms with Crippen LogP contribution in [0.15, 0.2) is 67.3 Å². The van der Waals surface area contributed by atoms with Gasteiger partial charge >= 0.3 is 6.09 Å². The molecule has 0 N–H and O–H groups in total. The molecule has 3 aliphatic rings. The molecule has 5 rings (SSSR count). The van der Waals surface area contributed by atoms with E-state index in [1.807, 2.05) is 81.4 Å². The van der Waals surface area contributed by atoms with Crippen molar-refractivity contribution in [1.29, 1.82) is 0 Å². The van der Waals surface area contributed by atoms with Crippen molar-refractivity contribution in [2.24, 2.45) is 35.5 Å². The molecule has 0 aromatic heterocycles. The molecule has 0 spiro atoms. The number of carbonyl (C=O) groups is 2. The summed E-state index contributed by atoms with van der Waals surface area (Å²) in [5, 5.41) is 0. The first-order chi connectivity index (χ1) is 24.2. The zero-order valence-electron chi connectivity index (χ0n) is 32.0. The fraction of sp³-hybridized carbons (Fsp3) is 0.619. The van der Waals surface area contributed by atoms with Crippen LogP contribution in [0.5, 0.6) is 5.75 Å². The van der Waals surface area contributed by atoms with E-state index in [1.54, 1.807) is 7.11 Å². The Balaban J connectivity index is 1.31. The van der Waals surface area contributed by atoms with Crippen LogP contribution in [0.3, 0.4) is 0 Å². The largest absolute Gasteiger partial charge is 0.497 e. The van der Waals surface area contributed by atoms with Gasteiger partial charge in [0.25, 0.3) is 0 Å². The van der Waals surface area contributed by atoms with Gasteiger partial charge in [0.2, 0.25) is 5.91 Å². The molecule has 2 aromatic rings. The number of methoxy groups -OCH3 is 1. The van der Waals surface area contributed by atoms with Crippen molar-refractivity contribution in [3.63, 3.8) is 0 Å². The summed E-state index contributed by atoms with van der Waals surface area (Å²) in [5.74, 6) is -0.403. The first kappa shape index (κ1) is 39.0. The van der Waals surface area contributed by atoms with E-state index < -0.39 is 30.2 Å². The van der Waals surface area contributed by atoms with Crippen molar-refractivity contribution >= 4 is 12.0 Å². The van der Waals surface area contributed by atoms with Crippen LogP contribution in [-0.2, 0) is 34.9 Å². The standard InChI is InChI=1S/C42H59NO8/c1-11-15-25(2)35-28(5)36(49-40(48-35)32-18-20-34(46-10)21-19-32)26(3)22-27(4)37-29(6)38(51-42(8,9)50-37)30(7)39(44)43-33(24-47-41(43)45)23-31-16-13-12-14-17-31/h11-14,16-21,25-30,33,35-38,40H,1,15,22-24H2,2-10H3/t25-,26+,27-,28+,29+,30+,33+,35-,36?,37-,38-,40?/m0/s1. The summed E-state index contributed by atoms with van der Waals surface area (Å²) in [5.41, 5.74) is 2.01. The Morgan fingerprint density at radius 1 is 0.902 bits per heavy atom. The number of ether oxygens (including phenoxy) is 6. The van der Waals surface area contributed by atoms with Gasteiger partial charge in [0.05, 0.1) is 43.5 Å². The topological polar surface area (TPSA) is 92.8 Å². The highest BCUT2D eigenvalue weighted by molar-refractivity contribution is 5.95. The van der Waals surface area contributed by atoms with Gasteiger partial charge in [-0.1, -0.05) is 90.1 Å². The number of benzene rings is 2. The van der Waals surface area contributed by atoms with Crippen LogP contribution in [0.25, 0.3) is 0 Å². The molecule has 2 amide bonds. The number of rotatable bonds is 13. The maximum Gasteiger partial charge on any atom is 0.416 e. The first-order valence-electron chi connectivity index (χ1n) is 18.7. The normalized spacial score (nSPS) is 31.6. The van der Waals surface area contributed by atoms with E-state index in [2.05, 4.69) is 41.2 Å². The molecule has 0 aliphatic carbocycles. The smallest absolute Gasteiger partial charge is 0.416 e. The molecule has 2 aromatic carbocycles. The fourth-order valence-corrected chi connectivity index (χ4v) is 8.63. The Labute approximate surface area is 304 Å². The van der Waals surface area contributed by atoms with E-state index in [4.69, 9.17) is 28.4 Å². The van der Waals surface area contributed by atoms with E-state index in [0.717, 1.165) is 29.7 Å². The predicted octanol–water partition coefficient (Wildman–Crippen LogP) is 8.37. The van der Waals surface area contributed by atoms with Gasteiger partial charge in [0.1, 0.15) is 12.4 Å². The van der Waals surface area contributed by atoms with Crippen molar-refractivity contribution in [1.82, 2.24) is 4.90 Å². The van der Waals surface area contributed by atoms with Gasteiger partial charge < -0.3 is 28.4 Å². The second-order valence-corrected chi connectivity index (χ2v) is 15.7. The highest BCUT2D eigenvalue weighted by atomic mass is 16.7. The van der Waals surface area contributed by atoms with Crippen molar-refractivity contribution < 1.29 is 38.0 Å². The van der Waals surface area contributed by atoms with Gasteiger partial charge in [-0.2, -0.15) is 0 Å². The van der Waals surface area contributed by atoms with Gasteiger partial charge in [-0.25, -0.2) is 9.69 Å². The third-order valence-corrected chi connectivity index (χ3v) is 11.2. The molecule has 51 heavy (non-hydrogen) atoms. The summed E-state index contributed by atoms with van der Waals surface area (Å²) in [6.45, 7) is 20.9. The molecule has 9 heteroatoms. The number of imide groups is 1. The third kappa shape index (κ3) is 8.87. The average Bonchev–Trinajstić information content (AvgIpc) is 3.47. The van der Waals surface area contributed by atoms with Gasteiger partial charge in [-0.3, -0.25) is 4.79 Å². The highest BCUT2D eigenvalue weighted by Crippen LogP contribution is 2.44. The molecular weight excluding hydrogens is 646 g/mol. The van der Waals surface area contributed by atoms with Crippen molar-refractivity contribution in [2.75, 3.05) is 13.7 Å². The number of allylic oxidation sites excluding steroid dienone is 1. The number of cyclic esters (lactones) is 1. The Hall–Kier alpha value is -3.24. The lowest BCUT2D eigenvalue weighted by Crippen LogP contribution is -2.57.